The van der Waals surface area contributed by atoms with E-state index in [1.165, 1.54) is 88.2 Å². The number of hydrogen-bond donors (Lipinski definition) is 0. The molecule has 2 atom stereocenters. The molecule has 3 aromatic rings. The average Bonchev–Trinajstić information content (AvgIpc) is 3.37. The van der Waals surface area contributed by atoms with Crippen LogP contribution in [0.15, 0.2) is 79.4 Å². The van der Waals surface area contributed by atoms with E-state index in [2.05, 4.69) is 109 Å². The van der Waals surface area contributed by atoms with E-state index >= 15 is 0 Å². The maximum Gasteiger partial charge on any atom is 0.244 e. The summed E-state index contributed by atoms with van der Waals surface area (Å²) in [5.74, 6) is 0. The first-order valence-electron chi connectivity index (χ1n) is 14.8. The predicted molar refractivity (Wildman–Crippen MR) is 154 cm³/mol. The van der Waals surface area contributed by atoms with Crippen LogP contribution < -0.4 is 4.57 Å². The van der Waals surface area contributed by atoms with Crippen molar-refractivity contribution in [1.29, 1.82) is 0 Å². The fourth-order valence-corrected chi connectivity index (χ4v) is 5.79. The van der Waals surface area contributed by atoms with Gasteiger partial charge in [0.25, 0.3) is 0 Å². The van der Waals surface area contributed by atoms with E-state index in [4.69, 9.17) is 0 Å². The van der Waals surface area contributed by atoms with Gasteiger partial charge < -0.3 is 0 Å². The molecule has 0 aliphatic carbocycles. The summed E-state index contributed by atoms with van der Waals surface area (Å²) in [6, 6.07) is 22.8. The first-order valence-corrected chi connectivity index (χ1v) is 14.8. The Morgan fingerprint density at radius 2 is 1.31 bits per heavy atom. The van der Waals surface area contributed by atoms with Crippen molar-refractivity contribution in [3.8, 4) is 0 Å². The van der Waals surface area contributed by atoms with Crippen molar-refractivity contribution in [1.82, 2.24) is 4.57 Å². The standard InChI is InChI=1S/C34H51N2/c1-4-6-8-10-11-19-25-33(36-28-27-35(30-36)26-20-12-9-7-5-2)34(3,32-23-17-14-18-24-32)29-31-21-15-13-16-22-31/h13-18,21-24,27-28,30,33H,4-12,19-20,25-26,29H2,1-3H3/q+1. The Balaban J connectivity index is 1.84. The van der Waals surface area contributed by atoms with Gasteiger partial charge in [-0.05, 0) is 43.2 Å². The Morgan fingerprint density at radius 3 is 1.97 bits per heavy atom. The van der Waals surface area contributed by atoms with Crippen molar-refractivity contribution >= 4 is 0 Å². The molecule has 0 saturated carbocycles. The zero-order valence-corrected chi connectivity index (χ0v) is 23.4. The fraction of sp³-hybridized carbons (Fsp3) is 0.559. The van der Waals surface area contributed by atoms with Gasteiger partial charge >= 0.3 is 0 Å². The van der Waals surface area contributed by atoms with Gasteiger partial charge in [-0.25, -0.2) is 9.13 Å². The van der Waals surface area contributed by atoms with Gasteiger partial charge in [0.2, 0.25) is 6.33 Å². The molecule has 0 fully saturated rings. The number of unbranched alkanes of at least 4 members (excludes halogenated alkanes) is 9. The minimum atomic E-state index is 0.0179. The van der Waals surface area contributed by atoms with Crippen LogP contribution in [0.3, 0.4) is 0 Å². The third kappa shape index (κ3) is 8.64. The van der Waals surface area contributed by atoms with Crippen LogP contribution in [0.1, 0.15) is 115 Å². The summed E-state index contributed by atoms with van der Waals surface area (Å²) in [5.41, 5.74) is 2.89. The van der Waals surface area contributed by atoms with E-state index in [0.29, 0.717) is 6.04 Å². The molecule has 36 heavy (non-hydrogen) atoms. The van der Waals surface area contributed by atoms with Gasteiger partial charge in [-0.15, -0.1) is 0 Å². The Bertz CT molecular complexity index is 946. The van der Waals surface area contributed by atoms with E-state index < -0.39 is 0 Å². The maximum atomic E-state index is 2.55. The highest BCUT2D eigenvalue weighted by Crippen LogP contribution is 2.41. The van der Waals surface area contributed by atoms with Gasteiger partial charge in [-0.3, -0.25) is 0 Å². The molecular weight excluding hydrogens is 436 g/mol. The van der Waals surface area contributed by atoms with E-state index in [0.717, 1.165) is 13.0 Å². The molecule has 196 valence electrons. The van der Waals surface area contributed by atoms with Crippen molar-refractivity contribution in [3.05, 3.63) is 90.5 Å². The molecule has 0 saturated heterocycles. The van der Waals surface area contributed by atoms with Crippen molar-refractivity contribution < 1.29 is 4.57 Å². The number of nitrogens with zero attached hydrogens (tertiary/aromatic N) is 2. The SMILES string of the molecule is CCCCCCCCC(n1cc[n+](CCCCCCC)c1)C(C)(Cc1ccccc1)c1ccccc1. The van der Waals surface area contributed by atoms with Gasteiger partial charge in [0.05, 0.1) is 6.54 Å². The molecular formula is C34H51N2+. The monoisotopic (exact) mass is 487 g/mol. The zero-order valence-electron chi connectivity index (χ0n) is 23.4. The topological polar surface area (TPSA) is 8.81 Å². The zero-order chi connectivity index (χ0) is 25.5. The van der Waals surface area contributed by atoms with Crippen LogP contribution in [0.25, 0.3) is 0 Å². The normalized spacial score (nSPS) is 14.0. The van der Waals surface area contributed by atoms with Crippen LogP contribution in [0.4, 0.5) is 0 Å². The highest BCUT2D eigenvalue weighted by atomic mass is 15.1. The second kappa shape index (κ2) is 15.7. The smallest absolute Gasteiger partial charge is 0.237 e. The molecule has 0 aliphatic rings. The molecule has 0 spiro atoms. The average molecular weight is 488 g/mol. The lowest BCUT2D eigenvalue weighted by atomic mass is 9.70. The molecule has 2 unspecified atom stereocenters. The van der Waals surface area contributed by atoms with Gasteiger partial charge in [0.15, 0.2) is 0 Å². The predicted octanol–water partition coefficient (Wildman–Crippen LogP) is 9.24. The van der Waals surface area contributed by atoms with Crippen molar-refractivity contribution in [2.24, 2.45) is 0 Å². The van der Waals surface area contributed by atoms with Gasteiger partial charge in [-0.1, -0.05) is 133 Å². The number of aryl methyl sites for hydroxylation is 1. The lowest BCUT2D eigenvalue weighted by Gasteiger charge is -2.37. The van der Waals surface area contributed by atoms with E-state index in [1.807, 2.05) is 0 Å². The summed E-state index contributed by atoms with van der Waals surface area (Å²) in [6.07, 6.45) is 24.0. The summed E-state index contributed by atoms with van der Waals surface area (Å²) in [5, 5.41) is 0. The highest BCUT2D eigenvalue weighted by molar-refractivity contribution is 5.30. The molecule has 3 rings (SSSR count). The molecule has 1 aromatic heterocycles. The largest absolute Gasteiger partial charge is 0.244 e. The summed E-state index contributed by atoms with van der Waals surface area (Å²) in [4.78, 5) is 0. The van der Waals surface area contributed by atoms with E-state index in [-0.39, 0.29) is 5.41 Å². The Morgan fingerprint density at radius 1 is 0.722 bits per heavy atom. The van der Waals surface area contributed by atoms with Gasteiger partial charge in [0, 0.05) is 5.41 Å². The summed E-state index contributed by atoms with van der Waals surface area (Å²) in [7, 11) is 0. The third-order valence-electron chi connectivity index (χ3n) is 8.01. The minimum Gasteiger partial charge on any atom is -0.237 e. The van der Waals surface area contributed by atoms with Crippen molar-refractivity contribution in [3.63, 3.8) is 0 Å². The van der Waals surface area contributed by atoms with Gasteiger partial charge in [0.1, 0.15) is 18.4 Å². The number of benzene rings is 2. The summed E-state index contributed by atoms with van der Waals surface area (Å²) >= 11 is 0. The minimum absolute atomic E-state index is 0.0179. The van der Waals surface area contributed by atoms with Crippen LogP contribution in [-0.4, -0.2) is 4.57 Å². The number of aromatic nitrogens is 2. The van der Waals surface area contributed by atoms with E-state index in [1.54, 1.807) is 0 Å². The Labute approximate surface area is 221 Å². The molecule has 0 amide bonds. The third-order valence-corrected chi connectivity index (χ3v) is 8.01. The molecule has 2 aromatic carbocycles. The highest BCUT2D eigenvalue weighted by Gasteiger charge is 2.40. The van der Waals surface area contributed by atoms with E-state index in [9.17, 15) is 0 Å². The molecule has 0 N–H and O–H groups in total. The second-order valence-corrected chi connectivity index (χ2v) is 11.0. The Kier molecular flexibility index (Phi) is 12.3. The molecule has 2 heteroatoms. The number of hydrogen-bond acceptors (Lipinski definition) is 0. The molecule has 2 nitrogen and oxygen atoms in total. The fourth-order valence-electron chi connectivity index (χ4n) is 5.79. The molecule has 1 heterocycles. The van der Waals surface area contributed by atoms with Crippen LogP contribution in [0.5, 0.6) is 0 Å². The first-order chi connectivity index (χ1) is 17.7. The second-order valence-electron chi connectivity index (χ2n) is 11.0. The van der Waals surface area contributed by atoms with Gasteiger partial charge in [-0.2, -0.15) is 0 Å². The van der Waals surface area contributed by atoms with Crippen LogP contribution >= 0.6 is 0 Å². The van der Waals surface area contributed by atoms with Crippen molar-refractivity contribution in [2.75, 3.05) is 0 Å². The van der Waals surface area contributed by atoms with Crippen molar-refractivity contribution in [2.45, 2.75) is 122 Å². The first kappa shape index (κ1) is 28.2. The quantitative estimate of drug-likeness (QED) is 0.125. The van der Waals surface area contributed by atoms with Crippen LogP contribution in [0.2, 0.25) is 0 Å². The summed E-state index contributed by atoms with van der Waals surface area (Å²) in [6.45, 7) is 8.22. The Hall–Kier alpha value is -2.35. The number of imidazole rings is 1. The lowest BCUT2D eigenvalue weighted by Crippen LogP contribution is -2.38. The van der Waals surface area contributed by atoms with Crippen LogP contribution in [0, 0.1) is 0 Å². The summed E-state index contributed by atoms with van der Waals surface area (Å²) < 4.78 is 4.97. The molecule has 0 bridgehead atoms. The lowest BCUT2D eigenvalue weighted by molar-refractivity contribution is -0.697. The molecule has 0 radical (unpaired) electrons. The molecule has 0 aliphatic heterocycles. The number of rotatable bonds is 18. The van der Waals surface area contributed by atoms with Crippen LogP contribution in [-0.2, 0) is 18.4 Å². The maximum absolute atomic E-state index is 2.55.